The van der Waals surface area contributed by atoms with Gasteiger partial charge in [-0.2, -0.15) is 5.10 Å². The van der Waals surface area contributed by atoms with E-state index in [9.17, 15) is 4.79 Å². The van der Waals surface area contributed by atoms with Crippen LogP contribution in [-0.2, 0) is 16.6 Å². The molecule has 1 amide bonds. The van der Waals surface area contributed by atoms with Crippen LogP contribution in [0.15, 0.2) is 54.6 Å². The molecule has 28 heavy (non-hydrogen) atoms. The lowest BCUT2D eigenvalue weighted by Gasteiger charge is -2.26. The lowest BCUT2D eigenvalue weighted by Crippen LogP contribution is -2.37. The number of carbonyl (C=O) groups is 1. The van der Waals surface area contributed by atoms with Crippen LogP contribution < -0.4 is 5.32 Å². The van der Waals surface area contributed by atoms with Gasteiger partial charge in [0.25, 0.3) is 0 Å². The van der Waals surface area contributed by atoms with Crippen molar-refractivity contribution in [3.05, 3.63) is 82.7 Å². The minimum Gasteiger partial charge on any atom is -0.355 e. The van der Waals surface area contributed by atoms with Crippen molar-refractivity contribution in [3.63, 3.8) is 0 Å². The Labute approximate surface area is 167 Å². The second-order valence-electron chi connectivity index (χ2n) is 8.10. The maximum atomic E-state index is 12.7. The van der Waals surface area contributed by atoms with Gasteiger partial charge in [-0.3, -0.25) is 4.79 Å². The number of hydrogen-bond acceptors (Lipinski definition) is 2. The van der Waals surface area contributed by atoms with Crippen molar-refractivity contribution in [1.29, 1.82) is 0 Å². The number of rotatable bonds is 6. The molecule has 4 nitrogen and oxygen atoms in total. The van der Waals surface area contributed by atoms with Crippen LogP contribution >= 0.6 is 0 Å². The van der Waals surface area contributed by atoms with Gasteiger partial charge in [-0.15, -0.1) is 0 Å². The fraction of sp³-hybridized carbons (Fsp3) is 0.333. The molecule has 1 heterocycles. The summed E-state index contributed by atoms with van der Waals surface area (Å²) in [5.74, 6) is 0.0274. The van der Waals surface area contributed by atoms with Crippen LogP contribution in [0.5, 0.6) is 0 Å². The third kappa shape index (κ3) is 4.33. The topological polar surface area (TPSA) is 46.9 Å². The summed E-state index contributed by atoms with van der Waals surface area (Å²) in [6.45, 7) is 11.0. The molecule has 0 spiro atoms. The number of aryl methyl sites for hydroxylation is 2. The van der Waals surface area contributed by atoms with E-state index < -0.39 is 0 Å². The highest BCUT2D eigenvalue weighted by atomic mass is 16.1. The van der Waals surface area contributed by atoms with E-state index >= 15 is 0 Å². The van der Waals surface area contributed by atoms with E-state index in [1.807, 2.05) is 48.9 Å². The average molecular weight is 376 g/mol. The summed E-state index contributed by atoms with van der Waals surface area (Å²) in [5, 5.41) is 7.75. The van der Waals surface area contributed by atoms with Crippen LogP contribution in [0.3, 0.4) is 0 Å². The monoisotopic (exact) mass is 375 g/mol. The zero-order valence-corrected chi connectivity index (χ0v) is 17.4. The van der Waals surface area contributed by atoms with Crippen LogP contribution in [0.4, 0.5) is 0 Å². The number of amides is 1. The number of nitrogens with zero attached hydrogens (tertiary/aromatic N) is 2. The van der Waals surface area contributed by atoms with E-state index in [-0.39, 0.29) is 11.3 Å². The molecule has 0 fully saturated rings. The van der Waals surface area contributed by atoms with Gasteiger partial charge in [-0.05, 0) is 38.5 Å². The van der Waals surface area contributed by atoms with Gasteiger partial charge in [0.05, 0.1) is 17.8 Å². The van der Waals surface area contributed by atoms with E-state index in [4.69, 9.17) is 0 Å². The zero-order chi connectivity index (χ0) is 20.3. The molecule has 0 aliphatic carbocycles. The SMILES string of the molecule is Cc1cccc(C(C)(C)CNC(=O)Cc2c(C)nn(-c3ccccc3)c2C)c1. The fourth-order valence-corrected chi connectivity index (χ4v) is 3.46. The average Bonchev–Trinajstić information content (AvgIpc) is 2.95. The first-order chi connectivity index (χ1) is 13.3. The van der Waals surface area contributed by atoms with Crippen molar-refractivity contribution in [3.8, 4) is 5.69 Å². The molecule has 2 aromatic carbocycles. The first kappa shape index (κ1) is 19.9. The van der Waals surface area contributed by atoms with Gasteiger partial charge in [-0.25, -0.2) is 4.68 Å². The summed E-state index contributed by atoms with van der Waals surface area (Å²) in [6, 6.07) is 18.5. The summed E-state index contributed by atoms with van der Waals surface area (Å²) < 4.78 is 1.91. The van der Waals surface area contributed by atoms with Gasteiger partial charge in [-0.1, -0.05) is 61.9 Å². The lowest BCUT2D eigenvalue weighted by atomic mass is 9.84. The van der Waals surface area contributed by atoms with Crippen LogP contribution in [-0.4, -0.2) is 22.2 Å². The van der Waals surface area contributed by atoms with E-state index in [0.717, 1.165) is 22.6 Å². The molecule has 0 saturated carbocycles. The summed E-state index contributed by atoms with van der Waals surface area (Å²) in [6.07, 6.45) is 0.342. The molecule has 0 radical (unpaired) electrons. The zero-order valence-electron chi connectivity index (χ0n) is 17.4. The van der Waals surface area contributed by atoms with Crippen molar-refractivity contribution in [1.82, 2.24) is 15.1 Å². The van der Waals surface area contributed by atoms with Crippen LogP contribution in [0.1, 0.15) is 41.9 Å². The van der Waals surface area contributed by atoms with Gasteiger partial charge in [0.1, 0.15) is 0 Å². The van der Waals surface area contributed by atoms with Crippen molar-refractivity contribution >= 4 is 5.91 Å². The Morgan fingerprint density at radius 3 is 2.43 bits per heavy atom. The van der Waals surface area contributed by atoms with Gasteiger partial charge < -0.3 is 5.32 Å². The Morgan fingerprint density at radius 2 is 1.75 bits per heavy atom. The maximum Gasteiger partial charge on any atom is 0.224 e. The molecule has 146 valence electrons. The Balaban J connectivity index is 1.69. The Kier molecular flexibility index (Phi) is 5.68. The number of benzene rings is 2. The van der Waals surface area contributed by atoms with E-state index in [1.165, 1.54) is 11.1 Å². The third-order valence-electron chi connectivity index (χ3n) is 5.31. The molecule has 4 heteroatoms. The lowest BCUT2D eigenvalue weighted by molar-refractivity contribution is -0.120. The molecule has 1 aromatic heterocycles. The molecule has 3 aromatic rings. The Hall–Kier alpha value is -2.88. The first-order valence-electron chi connectivity index (χ1n) is 9.72. The van der Waals surface area contributed by atoms with Gasteiger partial charge in [0.2, 0.25) is 5.91 Å². The molecule has 0 aliphatic rings. The summed E-state index contributed by atoms with van der Waals surface area (Å²) in [4.78, 5) is 12.7. The largest absolute Gasteiger partial charge is 0.355 e. The highest BCUT2D eigenvalue weighted by molar-refractivity contribution is 5.79. The number of carbonyl (C=O) groups excluding carboxylic acids is 1. The van der Waals surface area contributed by atoms with E-state index in [1.54, 1.807) is 0 Å². The highest BCUT2D eigenvalue weighted by Crippen LogP contribution is 2.23. The predicted octanol–water partition coefficient (Wildman–Crippen LogP) is 4.43. The van der Waals surface area contributed by atoms with E-state index in [0.29, 0.717) is 13.0 Å². The Morgan fingerprint density at radius 1 is 1.04 bits per heavy atom. The maximum absolute atomic E-state index is 12.7. The molecular weight excluding hydrogens is 346 g/mol. The predicted molar refractivity (Wildman–Crippen MR) is 114 cm³/mol. The number of nitrogens with one attached hydrogen (secondary N) is 1. The number of aromatic nitrogens is 2. The molecule has 0 aliphatic heterocycles. The number of para-hydroxylation sites is 1. The quantitative estimate of drug-likeness (QED) is 0.693. The van der Waals surface area contributed by atoms with Crippen molar-refractivity contribution in [2.45, 2.75) is 46.5 Å². The van der Waals surface area contributed by atoms with E-state index in [2.05, 4.69) is 55.5 Å². The van der Waals surface area contributed by atoms with Crippen LogP contribution in [0.25, 0.3) is 5.69 Å². The third-order valence-corrected chi connectivity index (χ3v) is 5.31. The molecule has 0 saturated heterocycles. The van der Waals surface area contributed by atoms with Crippen LogP contribution in [0.2, 0.25) is 0 Å². The molecule has 1 N–H and O–H groups in total. The molecular formula is C24H29N3O. The highest BCUT2D eigenvalue weighted by Gasteiger charge is 2.22. The summed E-state index contributed by atoms with van der Waals surface area (Å²) >= 11 is 0. The number of hydrogen-bond donors (Lipinski definition) is 1. The summed E-state index contributed by atoms with van der Waals surface area (Å²) in [7, 11) is 0. The minimum absolute atomic E-state index is 0.0274. The Bertz CT molecular complexity index is 971. The second-order valence-corrected chi connectivity index (χ2v) is 8.10. The van der Waals surface area contributed by atoms with Crippen molar-refractivity contribution in [2.24, 2.45) is 0 Å². The normalized spacial score (nSPS) is 11.5. The fourth-order valence-electron chi connectivity index (χ4n) is 3.46. The second kappa shape index (κ2) is 8.01. The molecule has 0 bridgehead atoms. The molecule has 0 unspecified atom stereocenters. The van der Waals surface area contributed by atoms with Gasteiger partial charge >= 0.3 is 0 Å². The molecule has 3 rings (SSSR count). The van der Waals surface area contributed by atoms with Crippen molar-refractivity contribution in [2.75, 3.05) is 6.54 Å². The smallest absolute Gasteiger partial charge is 0.224 e. The standard InChI is InChI=1S/C24H29N3O/c1-17-10-9-11-20(14-17)24(4,5)16-25-23(28)15-22-18(2)26-27(19(22)3)21-12-7-6-8-13-21/h6-14H,15-16H2,1-5H3,(H,25,28). The van der Waals surface area contributed by atoms with Gasteiger partial charge in [0.15, 0.2) is 0 Å². The first-order valence-corrected chi connectivity index (χ1v) is 9.72. The van der Waals surface area contributed by atoms with Crippen LogP contribution in [0, 0.1) is 20.8 Å². The van der Waals surface area contributed by atoms with Gasteiger partial charge in [0, 0.05) is 23.2 Å². The van der Waals surface area contributed by atoms with Crippen molar-refractivity contribution < 1.29 is 4.79 Å². The summed E-state index contributed by atoms with van der Waals surface area (Å²) in [5.41, 5.74) is 6.25. The minimum atomic E-state index is -0.125. The molecule has 0 atom stereocenters.